The van der Waals surface area contributed by atoms with Crippen molar-refractivity contribution in [3.63, 3.8) is 0 Å². The van der Waals surface area contributed by atoms with Crippen LogP contribution < -0.4 is 10.9 Å². The van der Waals surface area contributed by atoms with E-state index in [4.69, 9.17) is 0 Å². The third-order valence-electron chi connectivity index (χ3n) is 2.84. The van der Waals surface area contributed by atoms with Gasteiger partial charge in [-0.25, -0.2) is 0 Å². The topological polar surface area (TPSA) is 24.1 Å². The predicted octanol–water partition coefficient (Wildman–Crippen LogP) is 2.81. The molecule has 1 aromatic carbocycles. The van der Waals surface area contributed by atoms with Gasteiger partial charge in [-0.15, -0.1) is 0 Å². The number of nitrogens with one attached hydrogen (secondary N) is 2. The lowest BCUT2D eigenvalue weighted by Gasteiger charge is -2.14. The summed E-state index contributed by atoms with van der Waals surface area (Å²) < 4.78 is 0. The molecule has 0 aromatic heterocycles. The van der Waals surface area contributed by atoms with Crippen LogP contribution in [-0.2, 0) is 13.0 Å². The van der Waals surface area contributed by atoms with Crippen LogP contribution in [0.25, 0.3) is 6.08 Å². The van der Waals surface area contributed by atoms with E-state index in [1.807, 2.05) is 13.1 Å². The van der Waals surface area contributed by atoms with E-state index in [1.165, 1.54) is 28.7 Å². The third-order valence-corrected chi connectivity index (χ3v) is 2.84. The first-order chi connectivity index (χ1) is 7.74. The van der Waals surface area contributed by atoms with Crippen molar-refractivity contribution >= 4 is 6.08 Å². The first-order valence-electron chi connectivity index (χ1n) is 5.88. The minimum absolute atomic E-state index is 0.828. The lowest BCUT2D eigenvalue weighted by atomic mass is 9.93. The van der Waals surface area contributed by atoms with Crippen molar-refractivity contribution in [3.8, 4) is 0 Å². The average Bonchev–Trinajstić information content (AvgIpc) is 2.30. The zero-order chi connectivity index (χ0) is 12.0. The summed E-state index contributed by atoms with van der Waals surface area (Å²) in [5, 5.41) is 0. The van der Waals surface area contributed by atoms with Crippen LogP contribution in [-0.4, -0.2) is 7.05 Å². The Hall–Kier alpha value is -1.12. The van der Waals surface area contributed by atoms with Crippen molar-refractivity contribution in [2.24, 2.45) is 0 Å². The molecule has 16 heavy (non-hydrogen) atoms. The molecule has 0 bridgehead atoms. The van der Waals surface area contributed by atoms with Gasteiger partial charge in [0.05, 0.1) is 0 Å². The fourth-order valence-electron chi connectivity index (χ4n) is 2.00. The quantitative estimate of drug-likeness (QED) is 0.717. The van der Waals surface area contributed by atoms with E-state index in [1.54, 1.807) is 0 Å². The van der Waals surface area contributed by atoms with Crippen LogP contribution >= 0.6 is 0 Å². The number of benzene rings is 1. The molecule has 0 spiro atoms. The van der Waals surface area contributed by atoms with Gasteiger partial charge in [0.15, 0.2) is 0 Å². The third kappa shape index (κ3) is 2.94. The van der Waals surface area contributed by atoms with Gasteiger partial charge in [0.2, 0.25) is 0 Å². The van der Waals surface area contributed by atoms with Crippen LogP contribution in [0, 0.1) is 6.92 Å². The van der Waals surface area contributed by atoms with Crippen molar-refractivity contribution in [3.05, 3.63) is 41.0 Å². The Morgan fingerprint density at radius 1 is 1.38 bits per heavy atom. The molecule has 2 N–H and O–H groups in total. The molecule has 0 heterocycles. The molecule has 0 aliphatic rings. The molecule has 1 rings (SSSR count). The molecule has 0 unspecified atom stereocenters. The summed E-state index contributed by atoms with van der Waals surface area (Å²) in [6, 6.07) is 4.38. The molecule has 0 saturated heterocycles. The van der Waals surface area contributed by atoms with Gasteiger partial charge in [0.1, 0.15) is 0 Å². The van der Waals surface area contributed by atoms with Gasteiger partial charge in [0, 0.05) is 6.54 Å². The fraction of sp³-hybridized carbons (Fsp3) is 0.429. The Morgan fingerprint density at radius 3 is 2.69 bits per heavy atom. The summed E-state index contributed by atoms with van der Waals surface area (Å²) in [7, 11) is 1.88. The molecule has 1 aromatic rings. The van der Waals surface area contributed by atoms with Crippen LogP contribution in [0.2, 0.25) is 0 Å². The molecule has 2 heteroatoms. The molecule has 2 nitrogen and oxygen atoms in total. The molecule has 0 aliphatic heterocycles. The van der Waals surface area contributed by atoms with Crippen molar-refractivity contribution in [1.82, 2.24) is 10.9 Å². The summed E-state index contributed by atoms with van der Waals surface area (Å²) in [5.41, 5.74) is 11.5. The zero-order valence-electron chi connectivity index (χ0n) is 10.6. The molecular formula is C14H22N2. The van der Waals surface area contributed by atoms with Crippen molar-refractivity contribution in [1.29, 1.82) is 0 Å². The van der Waals surface area contributed by atoms with E-state index in [0.29, 0.717) is 0 Å². The van der Waals surface area contributed by atoms with Crippen LogP contribution in [0.1, 0.15) is 35.6 Å². The van der Waals surface area contributed by atoms with Gasteiger partial charge < -0.3 is 0 Å². The number of aryl methyl sites for hydroxylation is 1. The molecule has 0 amide bonds. The predicted molar refractivity (Wildman–Crippen MR) is 71.2 cm³/mol. The highest BCUT2D eigenvalue weighted by atomic mass is 15.3. The first-order valence-corrected chi connectivity index (χ1v) is 5.88. The lowest BCUT2D eigenvalue weighted by molar-refractivity contribution is 0.595. The highest BCUT2D eigenvalue weighted by Crippen LogP contribution is 2.21. The number of hydrogen-bond acceptors (Lipinski definition) is 2. The maximum absolute atomic E-state index is 3.94. The normalized spacial score (nSPS) is 10.4. The van der Waals surface area contributed by atoms with Gasteiger partial charge in [0.25, 0.3) is 0 Å². The molecular weight excluding hydrogens is 196 g/mol. The standard InChI is InChI=1S/C14H22N2/c1-5-7-14-11(3)8-9-12(10-16-15-4)13(14)6-2/h6,8-9,15-16H,2,5,7,10H2,1,3-4H3. The van der Waals surface area contributed by atoms with Crippen LogP contribution in [0.3, 0.4) is 0 Å². The van der Waals surface area contributed by atoms with Gasteiger partial charge in [-0.3, -0.25) is 10.9 Å². The van der Waals surface area contributed by atoms with Gasteiger partial charge in [-0.2, -0.15) is 0 Å². The second-order valence-electron chi connectivity index (χ2n) is 3.99. The smallest absolute Gasteiger partial charge is 0.0357 e. The van der Waals surface area contributed by atoms with Crippen molar-refractivity contribution < 1.29 is 0 Å². The van der Waals surface area contributed by atoms with E-state index in [9.17, 15) is 0 Å². The number of rotatable bonds is 6. The zero-order valence-corrected chi connectivity index (χ0v) is 10.6. The summed E-state index contributed by atoms with van der Waals surface area (Å²) >= 11 is 0. The largest absolute Gasteiger partial charge is 0.261 e. The Labute approximate surface area is 98.7 Å². The summed E-state index contributed by atoms with van der Waals surface area (Å²) in [6.07, 6.45) is 4.27. The SMILES string of the molecule is C=Cc1c(CNNC)ccc(C)c1CCC. The molecule has 0 saturated carbocycles. The van der Waals surface area contributed by atoms with E-state index in [0.717, 1.165) is 13.0 Å². The van der Waals surface area contributed by atoms with E-state index >= 15 is 0 Å². The van der Waals surface area contributed by atoms with Crippen molar-refractivity contribution in [2.45, 2.75) is 33.2 Å². The molecule has 0 fully saturated rings. The molecule has 0 atom stereocenters. The Balaban J connectivity index is 3.09. The van der Waals surface area contributed by atoms with E-state index < -0.39 is 0 Å². The van der Waals surface area contributed by atoms with E-state index in [2.05, 4.69) is 43.4 Å². The monoisotopic (exact) mass is 218 g/mol. The maximum Gasteiger partial charge on any atom is 0.0357 e. The summed E-state index contributed by atoms with van der Waals surface area (Å²) in [4.78, 5) is 0. The number of hydrogen-bond donors (Lipinski definition) is 2. The van der Waals surface area contributed by atoms with Crippen LogP contribution in [0.4, 0.5) is 0 Å². The average molecular weight is 218 g/mol. The van der Waals surface area contributed by atoms with Crippen LogP contribution in [0.5, 0.6) is 0 Å². The van der Waals surface area contributed by atoms with Gasteiger partial charge in [-0.1, -0.05) is 38.1 Å². The minimum Gasteiger partial charge on any atom is -0.261 e. The second-order valence-corrected chi connectivity index (χ2v) is 3.99. The van der Waals surface area contributed by atoms with Gasteiger partial charge in [-0.05, 0) is 42.6 Å². The summed E-state index contributed by atoms with van der Waals surface area (Å²) in [6.45, 7) is 9.15. The maximum atomic E-state index is 3.94. The Kier molecular flexibility index (Phi) is 5.23. The summed E-state index contributed by atoms with van der Waals surface area (Å²) in [5.74, 6) is 0. The van der Waals surface area contributed by atoms with Gasteiger partial charge >= 0.3 is 0 Å². The fourth-order valence-corrected chi connectivity index (χ4v) is 2.00. The van der Waals surface area contributed by atoms with E-state index in [-0.39, 0.29) is 0 Å². The second kappa shape index (κ2) is 6.46. The highest BCUT2D eigenvalue weighted by molar-refractivity contribution is 5.58. The Morgan fingerprint density at radius 2 is 2.12 bits per heavy atom. The highest BCUT2D eigenvalue weighted by Gasteiger charge is 2.07. The molecule has 0 aliphatic carbocycles. The minimum atomic E-state index is 0.828. The number of hydrazine groups is 1. The Bertz CT molecular complexity index is 356. The van der Waals surface area contributed by atoms with Crippen molar-refractivity contribution in [2.75, 3.05) is 7.05 Å². The molecule has 0 radical (unpaired) electrons. The molecule has 88 valence electrons. The lowest BCUT2D eigenvalue weighted by Crippen LogP contribution is -2.27. The van der Waals surface area contributed by atoms with Crippen LogP contribution in [0.15, 0.2) is 18.7 Å². The first kappa shape index (κ1) is 12.9.